The van der Waals surface area contributed by atoms with Gasteiger partial charge in [-0.05, 0) is 38.6 Å². The van der Waals surface area contributed by atoms with Crippen LogP contribution in [0.2, 0.25) is 0 Å². The quantitative estimate of drug-likeness (QED) is 0.721. The molecule has 1 saturated carbocycles. The molecule has 1 atom stereocenters. The molecule has 1 aliphatic carbocycles. The van der Waals surface area contributed by atoms with Crippen LogP contribution in [-0.2, 0) is 4.74 Å². The third-order valence-corrected chi connectivity index (χ3v) is 4.03. The number of hydrogen-bond acceptors (Lipinski definition) is 2. The van der Waals surface area contributed by atoms with E-state index in [0.717, 1.165) is 23.9 Å². The van der Waals surface area contributed by atoms with E-state index >= 15 is 0 Å². The van der Waals surface area contributed by atoms with Crippen LogP contribution in [0, 0.1) is 5.92 Å². The van der Waals surface area contributed by atoms with E-state index in [1.165, 1.54) is 32.2 Å². The van der Waals surface area contributed by atoms with Gasteiger partial charge in [-0.25, -0.2) is 0 Å². The van der Waals surface area contributed by atoms with Crippen molar-refractivity contribution in [1.82, 2.24) is 4.90 Å². The minimum Gasteiger partial charge on any atom is -0.377 e. The highest BCUT2D eigenvalue weighted by Gasteiger charge is 2.28. The number of rotatable bonds is 4. The SMILES string of the molecule is CN(CC1CC(Br)C1)CC1CCCO1. The van der Waals surface area contributed by atoms with Crippen molar-refractivity contribution in [3.63, 3.8) is 0 Å². The molecule has 0 spiro atoms. The van der Waals surface area contributed by atoms with Gasteiger partial charge in [-0.1, -0.05) is 15.9 Å². The Kier molecular flexibility index (Phi) is 3.86. The first-order valence-electron chi connectivity index (χ1n) is 5.68. The molecular formula is C11H20BrNO. The Bertz CT molecular complexity index is 176. The molecule has 1 saturated heterocycles. The van der Waals surface area contributed by atoms with Crippen LogP contribution in [0.15, 0.2) is 0 Å². The van der Waals surface area contributed by atoms with Crippen molar-refractivity contribution in [3.8, 4) is 0 Å². The average molecular weight is 262 g/mol. The first kappa shape index (κ1) is 10.9. The fourth-order valence-corrected chi connectivity index (χ4v) is 3.51. The van der Waals surface area contributed by atoms with Gasteiger partial charge in [-0.15, -0.1) is 0 Å². The lowest BCUT2D eigenvalue weighted by Gasteiger charge is -2.35. The fraction of sp³-hybridized carbons (Fsp3) is 1.00. The number of ether oxygens (including phenoxy) is 1. The summed E-state index contributed by atoms with van der Waals surface area (Å²) < 4.78 is 5.63. The highest BCUT2D eigenvalue weighted by molar-refractivity contribution is 9.09. The Hall–Kier alpha value is 0.400. The number of likely N-dealkylation sites (N-methyl/N-ethyl adjacent to an activating group) is 1. The Labute approximate surface area is 95.1 Å². The summed E-state index contributed by atoms with van der Waals surface area (Å²) in [5.74, 6) is 0.922. The summed E-state index contributed by atoms with van der Waals surface area (Å²) in [6.07, 6.45) is 5.74. The third-order valence-electron chi connectivity index (χ3n) is 3.29. The maximum absolute atomic E-state index is 5.63. The average Bonchev–Trinajstić information content (AvgIpc) is 2.54. The number of nitrogens with zero attached hydrogens (tertiary/aromatic N) is 1. The van der Waals surface area contributed by atoms with Crippen molar-refractivity contribution < 1.29 is 4.74 Å². The summed E-state index contributed by atoms with van der Waals surface area (Å²) in [4.78, 5) is 3.24. The lowest BCUT2D eigenvalue weighted by atomic mass is 9.85. The van der Waals surface area contributed by atoms with Crippen LogP contribution < -0.4 is 0 Å². The van der Waals surface area contributed by atoms with Crippen LogP contribution in [0.5, 0.6) is 0 Å². The Morgan fingerprint density at radius 3 is 2.71 bits per heavy atom. The molecule has 1 unspecified atom stereocenters. The second-order valence-electron chi connectivity index (χ2n) is 4.79. The van der Waals surface area contributed by atoms with Crippen LogP contribution in [-0.4, -0.2) is 42.6 Å². The van der Waals surface area contributed by atoms with Crippen molar-refractivity contribution >= 4 is 15.9 Å². The van der Waals surface area contributed by atoms with E-state index in [1.807, 2.05) is 0 Å². The van der Waals surface area contributed by atoms with E-state index < -0.39 is 0 Å². The molecule has 0 bridgehead atoms. The monoisotopic (exact) mass is 261 g/mol. The van der Waals surface area contributed by atoms with Crippen LogP contribution in [0.4, 0.5) is 0 Å². The second kappa shape index (κ2) is 4.95. The molecule has 1 aliphatic heterocycles. The largest absolute Gasteiger partial charge is 0.377 e. The van der Waals surface area contributed by atoms with Gasteiger partial charge in [-0.3, -0.25) is 0 Å². The molecule has 2 fully saturated rings. The van der Waals surface area contributed by atoms with Crippen LogP contribution >= 0.6 is 15.9 Å². The Balaban J connectivity index is 1.60. The van der Waals surface area contributed by atoms with E-state index in [0.29, 0.717) is 6.10 Å². The summed E-state index contributed by atoms with van der Waals surface area (Å²) in [6.45, 7) is 3.36. The summed E-state index contributed by atoms with van der Waals surface area (Å²) >= 11 is 3.64. The van der Waals surface area contributed by atoms with Crippen molar-refractivity contribution in [2.45, 2.75) is 36.6 Å². The number of hydrogen-bond donors (Lipinski definition) is 0. The molecule has 2 aliphatic rings. The van der Waals surface area contributed by atoms with Crippen molar-refractivity contribution in [1.29, 1.82) is 0 Å². The molecule has 2 nitrogen and oxygen atoms in total. The molecule has 1 heterocycles. The lowest BCUT2D eigenvalue weighted by Crippen LogP contribution is -2.37. The van der Waals surface area contributed by atoms with E-state index in [4.69, 9.17) is 4.74 Å². The molecule has 3 heteroatoms. The van der Waals surface area contributed by atoms with Crippen molar-refractivity contribution in [2.24, 2.45) is 5.92 Å². The molecule has 0 N–H and O–H groups in total. The normalized spacial score (nSPS) is 37.5. The van der Waals surface area contributed by atoms with Gasteiger partial charge in [-0.2, -0.15) is 0 Å². The maximum atomic E-state index is 5.63. The molecule has 0 aromatic rings. The highest BCUT2D eigenvalue weighted by atomic mass is 79.9. The van der Waals surface area contributed by atoms with Gasteiger partial charge in [0.05, 0.1) is 6.10 Å². The zero-order valence-electron chi connectivity index (χ0n) is 8.92. The fourth-order valence-electron chi connectivity index (χ4n) is 2.45. The van der Waals surface area contributed by atoms with Crippen molar-refractivity contribution in [2.75, 3.05) is 26.7 Å². The zero-order valence-corrected chi connectivity index (χ0v) is 10.5. The van der Waals surface area contributed by atoms with Gasteiger partial charge >= 0.3 is 0 Å². The zero-order chi connectivity index (χ0) is 9.97. The number of halogens is 1. The first-order valence-corrected chi connectivity index (χ1v) is 6.60. The second-order valence-corrected chi connectivity index (χ2v) is 6.09. The summed E-state index contributed by atoms with van der Waals surface area (Å²) in [5.41, 5.74) is 0. The summed E-state index contributed by atoms with van der Waals surface area (Å²) in [7, 11) is 2.23. The van der Waals surface area contributed by atoms with Crippen LogP contribution in [0.25, 0.3) is 0 Å². The molecule has 0 amide bonds. The predicted octanol–water partition coefficient (Wildman–Crippen LogP) is 2.27. The lowest BCUT2D eigenvalue weighted by molar-refractivity contribution is 0.0720. The standard InChI is InChI=1S/C11H20BrNO/c1-13(7-9-5-10(12)6-9)8-11-3-2-4-14-11/h9-11H,2-8H2,1H3. The van der Waals surface area contributed by atoms with Gasteiger partial charge in [0.1, 0.15) is 0 Å². The molecule has 0 radical (unpaired) electrons. The van der Waals surface area contributed by atoms with Crippen molar-refractivity contribution in [3.05, 3.63) is 0 Å². The van der Waals surface area contributed by atoms with Crippen LogP contribution in [0.1, 0.15) is 25.7 Å². The smallest absolute Gasteiger partial charge is 0.0702 e. The minimum absolute atomic E-state index is 0.514. The van der Waals surface area contributed by atoms with E-state index in [-0.39, 0.29) is 0 Å². The topological polar surface area (TPSA) is 12.5 Å². The number of alkyl halides is 1. The van der Waals surface area contributed by atoms with Gasteiger partial charge in [0.15, 0.2) is 0 Å². The van der Waals surface area contributed by atoms with Crippen LogP contribution in [0.3, 0.4) is 0 Å². The first-order chi connectivity index (χ1) is 6.74. The van der Waals surface area contributed by atoms with Gasteiger partial charge < -0.3 is 9.64 Å². The Morgan fingerprint density at radius 2 is 2.14 bits per heavy atom. The molecular weight excluding hydrogens is 242 g/mol. The highest BCUT2D eigenvalue weighted by Crippen LogP contribution is 2.33. The molecule has 0 aromatic heterocycles. The predicted molar refractivity (Wildman–Crippen MR) is 61.9 cm³/mol. The van der Waals surface area contributed by atoms with E-state index in [9.17, 15) is 0 Å². The third kappa shape index (κ3) is 2.94. The summed E-state index contributed by atoms with van der Waals surface area (Å²) in [6, 6.07) is 0. The summed E-state index contributed by atoms with van der Waals surface area (Å²) in [5, 5.41) is 0. The van der Waals surface area contributed by atoms with E-state index in [1.54, 1.807) is 0 Å². The maximum Gasteiger partial charge on any atom is 0.0702 e. The van der Waals surface area contributed by atoms with E-state index in [2.05, 4.69) is 27.9 Å². The molecule has 82 valence electrons. The van der Waals surface area contributed by atoms with Gasteiger partial charge in [0.2, 0.25) is 0 Å². The van der Waals surface area contributed by atoms with Gasteiger partial charge in [0, 0.05) is 24.5 Å². The molecule has 0 aromatic carbocycles. The van der Waals surface area contributed by atoms with Gasteiger partial charge in [0.25, 0.3) is 0 Å². The Morgan fingerprint density at radius 1 is 1.36 bits per heavy atom. The molecule has 2 rings (SSSR count). The minimum atomic E-state index is 0.514. The molecule has 14 heavy (non-hydrogen) atoms.